The van der Waals surface area contributed by atoms with Crippen molar-refractivity contribution < 1.29 is 14.3 Å². The first-order valence-electron chi connectivity index (χ1n) is 12.5. The molecule has 0 atom stereocenters. The van der Waals surface area contributed by atoms with Crippen molar-refractivity contribution in [1.82, 2.24) is 24.6 Å². The molecular weight excluding hydrogens is 534 g/mol. The lowest BCUT2D eigenvalue weighted by molar-refractivity contribution is -0.144. The van der Waals surface area contributed by atoms with E-state index in [0.717, 1.165) is 11.6 Å². The summed E-state index contributed by atoms with van der Waals surface area (Å²) in [5, 5.41) is 8.13. The largest absolute Gasteiger partial charge is 0.383 e. The highest BCUT2D eigenvalue weighted by molar-refractivity contribution is 6.76. The quantitative estimate of drug-likeness (QED) is 0.164. The molecule has 3 N–H and O–H groups in total. The number of halogens is 1. The normalized spacial score (nSPS) is 11.5. The average Bonchev–Trinajstić information content (AvgIpc) is 3.34. The van der Waals surface area contributed by atoms with Crippen molar-refractivity contribution in [3.05, 3.63) is 77.3 Å². The minimum atomic E-state index is -1.25. The van der Waals surface area contributed by atoms with Crippen LogP contribution in [-0.2, 0) is 34.1 Å². The van der Waals surface area contributed by atoms with Crippen LogP contribution in [0.5, 0.6) is 0 Å². The van der Waals surface area contributed by atoms with E-state index in [2.05, 4.69) is 40.0 Å². The van der Waals surface area contributed by atoms with Crippen molar-refractivity contribution in [3.63, 3.8) is 0 Å². The molecule has 3 heterocycles. The molecule has 0 saturated carbocycles. The SMILES string of the molecule is C[Si](C)(C)CCOCn1ncc2c(N)ncc(NC(=O)C(=O)N(Cc3ccccc3)Cc3ccc(Cl)cn3)c21. The van der Waals surface area contributed by atoms with Gasteiger partial charge in [0.2, 0.25) is 0 Å². The Morgan fingerprint density at radius 2 is 1.82 bits per heavy atom. The molecule has 0 fully saturated rings. The first-order valence-corrected chi connectivity index (χ1v) is 16.6. The zero-order valence-corrected chi connectivity index (χ0v) is 24.0. The molecule has 0 spiro atoms. The van der Waals surface area contributed by atoms with Crippen LogP contribution in [0.3, 0.4) is 0 Å². The van der Waals surface area contributed by atoms with E-state index >= 15 is 0 Å². The Labute approximate surface area is 233 Å². The van der Waals surface area contributed by atoms with Crippen LogP contribution in [0.1, 0.15) is 11.3 Å². The van der Waals surface area contributed by atoms with Crippen molar-refractivity contribution in [3.8, 4) is 0 Å². The van der Waals surface area contributed by atoms with E-state index < -0.39 is 19.9 Å². The number of fused-ring (bicyclic) bond motifs is 1. The number of nitrogens with two attached hydrogens (primary N) is 1. The van der Waals surface area contributed by atoms with Gasteiger partial charge in [0.15, 0.2) is 0 Å². The van der Waals surface area contributed by atoms with Gasteiger partial charge in [-0.3, -0.25) is 14.6 Å². The van der Waals surface area contributed by atoms with Crippen LogP contribution in [0.25, 0.3) is 10.9 Å². The van der Waals surface area contributed by atoms with Gasteiger partial charge in [0.1, 0.15) is 12.5 Å². The third-order valence-electron chi connectivity index (χ3n) is 6.00. The number of amides is 2. The maximum absolute atomic E-state index is 13.4. The van der Waals surface area contributed by atoms with Crippen molar-refractivity contribution in [2.75, 3.05) is 17.7 Å². The molecule has 4 aromatic rings. The number of nitrogens with one attached hydrogen (secondary N) is 1. The number of hydrogen-bond donors (Lipinski definition) is 2. The molecule has 10 nitrogen and oxygen atoms in total. The maximum Gasteiger partial charge on any atom is 0.314 e. The van der Waals surface area contributed by atoms with Gasteiger partial charge in [-0.25, -0.2) is 9.67 Å². The van der Waals surface area contributed by atoms with Gasteiger partial charge in [-0.15, -0.1) is 0 Å². The second-order valence-electron chi connectivity index (χ2n) is 10.4. The van der Waals surface area contributed by atoms with Gasteiger partial charge < -0.3 is 20.7 Å². The van der Waals surface area contributed by atoms with Crippen LogP contribution in [0.4, 0.5) is 11.5 Å². The number of ether oxygens (including phenoxy) is 1. The summed E-state index contributed by atoms with van der Waals surface area (Å²) in [7, 11) is -1.25. The molecule has 0 radical (unpaired) electrons. The Bertz CT molecular complexity index is 1440. The summed E-state index contributed by atoms with van der Waals surface area (Å²) < 4.78 is 7.47. The maximum atomic E-state index is 13.4. The van der Waals surface area contributed by atoms with Crippen LogP contribution in [0.15, 0.2) is 61.1 Å². The molecule has 1 aromatic carbocycles. The molecule has 12 heteroatoms. The summed E-state index contributed by atoms with van der Waals surface area (Å²) in [6, 6.07) is 13.8. The Balaban J connectivity index is 1.55. The minimum Gasteiger partial charge on any atom is -0.383 e. The molecule has 3 aromatic heterocycles. The van der Waals surface area contributed by atoms with Crippen LogP contribution in [-0.4, -0.2) is 51.1 Å². The van der Waals surface area contributed by atoms with Crippen molar-refractivity contribution >= 4 is 53.9 Å². The highest BCUT2D eigenvalue weighted by atomic mass is 35.5. The smallest absolute Gasteiger partial charge is 0.314 e. The molecular formula is C27H32ClN7O3Si. The zero-order valence-electron chi connectivity index (χ0n) is 22.2. The van der Waals surface area contributed by atoms with Crippen LogP contribution in [0, 0.1) is 0 Å². The molecule has 204 valence electrons. The monoisotopic (exact) mass is 565 g/mol. The average molecular weight is 566 g/mol. The highest BCUT2D eigenvalue weighted by Crippen LogP contribution is 2.27. The number of pyridine rings is 2. The third kappa shape index (κ3) is 7.62. The highest BCUT2D eigenvalue weighted by Gasteiger charge is 2.25. The van der Waals surface area contributed by atoms with Gasteiger partial charge in [0.05, 0.1) is 46.2 Å². The van der Waals surface area contributed by atoms with Crippen molar-refractivity contribution in [2.45, 2.75) is 45.5 Å². The van der Waals surface area contributed by atoms with Gasteiger partial charge in [-0.2, -0.15) is 5.10 Å². The van der Waals surface area contributed by atoms with E-state index in [-0.39, 0.29) is 25.6 Å². The fourth-order valence-corrected chi connectivity index (χ4v) is 4.73. The molecule has 0 aliphatic rings. The molecule has 0 saturated heterocycles. The van der Waals surface area contributed by atoms with Gasteiger partial charge >= 0.3 is 11.8 Å². The van der Waals surface area contributed by atoms with Crippen molar-refractivity contribution in [2.24, 2.45) is 0 Å². The molecule has 0 aliphatic carbocycles. The second-order valence-corrected chi connectivity index (χ2v) is 16.4. The Kier molecular flexibility index (Phi) is 8.95. The number of nitrogens with zero attached hydrogens (tertiary/aromatic N) is 5. The van der Waals surface area contributed by atoms with Crippen LogP contribution in [0.2, 0.25) is 30.7 Å². The Morgan fingerprint density at radius 3 is 2.51 bits per heavy atom. The number of hydrogen-bond acceptors (Lipinski definition) is 7. The van der Waals surface area contributed by atoms with Gasteiger partial charge in [-0.1, -0.05) is 61.6 Å². The fourth-order valence-electron chi connectivity index (χ4n) is 3.86. The molecule has 39 heavy (non-hydrogen) atoms. The molecule has 0 bridgehead atoms. The summed E-state index contributed by atoms with van der Waals surface area (Å²) in [6.07, 6.45) is 4.50. The number of carbonyl (C=O) groups excluding carboxylic acids is 2. The van der Waals surface area contributed by atoms with E-state index in [0.29, 0.717) is 33.9 Å². The fraction of sp³-hybridized carbons (Fsp3) is 0.296. The number of anilines is 2. The van der Waals surface area contributed by atoms with E-state index in [1.54, 1.807) is 23.0 Å². The number of carbonyl (C=O) groups is 2. The van der Waals surface area contributed by atoms with E-state index in [4.69, 9.17) is 22.1 Å². The number of aromatic nitrogens is 4. The van der Waals surface area contributed by atoms with Gasteiger partial charge in [0, 0.05) is 27.4 Å². The number of rotatable bonds is 10. The van der Waals surface area contributed by atoms with E-state index in [1.807, 2.05) is 30.3 Å². The lowest BCUT2D eigenvalue weighted by Gasteiger charge is -2.22. The second kappa shape index (κ2) is 12.4. The lowest BCUT2D eigenvalue weighted by atomic mass is 10.2. The summed E-state index contributed by atoms with van der Waals surface area (Å²) in [6.45, 7) is 7.95. The van der Waals surface area contributed by atoms with E-state index in [1.165, 1.54) is 17.3 Å². The molecule has 2 amide bonds. The summed E-state index contributed by atoms with van der Waals surface area (Å²) >= 11 is 5.97. The molecule has 0 unspecified atom stereocenters. The first kappa shape index (κ1) is 28.2. The van der Waals surface area contributed by atoms with Crippen LogP contribution < -0.4 is 11.1 Å². The third-order valence-corrected chi connectivity index (χ3v) is 7.93. The van der Waals surface area contributed by atoms with Gasteiger partial charge in [-0.05, 0) is 23.7 Å². The Hall–Kier alpha value is -3.80. The topological polar surface area (TPSA) is 128 Å². The number of benzene rings is 1. The lowest BCUT2D eigenvalue weighted by Crippen LogP contribution is -2.39. The predicted octanol–water partition coefficient (Wildman–Crippen LogP) is 4.54. The molecule has 0 aliphatic heterocycles. The zero-order chi connectivity index (χ0) is 28.0. The molecule has 4 rings (SSSR count). The van der Waals surface area contributed by atoms with Gasteiger partial charge in [0.25, 0.3) is 0 Å². The van der Waals surface area contributed by atoms with E-state index in [9.17, 15) is 9.59 Å². The first-order chi connectivity index (χ1) is 18.6. The van der Waals surface area contributed by atoms with Crippen molar-refractivity contribution in [1.29, 1.82) is 0 Å². The predicted molar refractivity (Wildman–Crippen MR) is 155 cm³/mol. The summed E-state index contributed by atoms with van der Waals surface area (Å²) in [4.78, 5) is 36.6. The number of nitrogen functional groups attached to an aromatic ring is 1. The summed E-state index contributed by atoms with van der Waals surface area (Å²) in [5.41, 5.74) is 8.39. The summed E-state index contributed by atoms with van der Waals surface area (Å²) in [5.74, 6) is -1.28. The van der Waals surface area contributed by atoms with Crippen LogP contribution >= 0.6 is 11.6 Å². The Morgan fingerprint density at radius 1 is 1.05 bits per heavy atom. The minimum absolute atomic E-state index is 0.122. The standard InChI is InChI=1S/C27H32ClN7O3Si/c1-39(2,3)12-11-38-18-35-24-22(14-32-35)25(29)31-15-23(24)33-26(36)27(37)34(16-19-7-5-4-6-8-19)17-21-10-9-20(28)13-30-21/h4-10,13-15H,11-12,16-18H2,1-3H3,(H2,29,31)(H,33,36).